The monoisotopic (exact) mass is 318 g/mol. The van der Waals surface area contributed by atoms with Crippen LogP contribution in [-0.4, -0.2) is 81.5 Å². The minimum absolute atomic E-state index is 0.233. The topological polar surface area (TPSA) is 59.1 Å². The summed E-state index contributed by atoms with van der Waals surface area (Å²) < 4.78 is 36.7. The summed E-state index contributed by atoms with van der Waals surface area (Å²) in [6, 6.07) is 0. The molecule has 0 aromatic heterocycles. The highest BCUT2D eigenvalue weighted by Crippen LogP contribution is 2.37. The molecule has 7 heteroatoms. The van der Waals surface area contributed by atoms with E-state index in [2.05, 4.69) is 4.90 Å². The summed E-state index contributed by atoms with van der Waals surface area (Å²) in [7, 11) is -3.10. The van der Waals surface area contributed by atoms with Gasteiger partial charge in [-0.15, -0.1) is 0 Å². The molecule has 6 nitrogen and oxygen atoms in total. The SMILES string of the molecule is CS(=O)(=O)N1CC[C@]2(CCC[C@@H](CN3CCOCC3)O2)C1. The molecule has 3 fully saturated rings. The smallest absolute Gasteiger partial charge is 0.211 e. The molecule has 0 aliphatic carbocycles. The summed E-state index contributed by atoms with van der Waals surface area (Å²) in [6.07, 6.45) is 5.56. The third-order valence-corrected chi connectivity index (χ3v) is 6.14. The Kier molecular flexibility index (Phi) is 4.57. The molecule has 0 bridgehead atoms. The summed E-state index contributed by atoms with van der Waals surface area (Å²) in [6.45, 7) is 5.64. The average Bonchev–Trinajstić information content (AvgIpc) is 2.84. The second kappa shape index (κ2) is 6.12. The van der Waals surface area contributed by atoms with E-state index in [0.29, 0.717) is 13.1 Å². The van der Waals surface area contributed by atoms with Gasteiger partial charge in [-0.25, -0.2) is 8.42 Å². The number of morpholine rings is 1. The van der Waals surface area contributed by atoms with Crippen LogP contribution in [0.25, 0.3) is 0 Å². The van der Waals surface area contributed by atoms with Crippen LogP contribution in [0.15, 0.2) is 0 Å². The Morgan fingerprint density at radius 3 is 2.62 bits per heavy atom. The lowest BCUT2D eigenvalue weighted by atomic mass is 9.90. The Hall–Kier alpha value is -0.210. The van der Waals surface area contributed by atoms with Gasteiger partial charge in [0.1, 0.15) is 0 Å². The maximum atomic E-state index is 11.7. The first-order chi connectivity index (χ1) is 9.97. The minimum atomic E-state index is -3.10. The number of hydrogen-bond acceptors (Lipinski definition) is 5. The summed E-state index contributed by atoms with van der Waals surface area (Å²) in [5.41, 5.74) is -0.238. The van der Waals surface area contributed by atoms with Crippen LogP contribution < -0.4 is 0 Å². The zero-order valence-electron chi connectivity index (χ0n) is 12.8. The predicted octanol–water partition coefficient (Wildman–Crippen LogP) is 0.292. The largest absolute Gasteiger partial charge is 0.379 e. The van der Waals surface area contributed by atoms with Crippen molar-refractivity contribution >= 4 is 10.0 Å². The molecule has 122 valence electrons. The molecule has 0 saturated carbocycles. The van der Waals surface area contributed by atoms with Crippen LogP contribution >= 0.6 is 0 Å². The van der Waals surface area contributed by atoms with Gasteiger partial charge in [-0.05, 0) is 25.7 Å². The number of hydrogen-bond donors (Lipinski definition) is 0. The lowest BCUT2D eigenvalue weighted by molar-refractivity contribution is -0.130. The Labute approximate surface area is 127 Å². The van der Waals surface area contributed by atoms with E-state index in [1.807, 2.05) is 0 Å². The first-order valence-electron chi connectivity index (χ1n) is 7.90. The molecule has 3 heterocycles. The van der Waals surface area contributed by atoms with Gasteiger partial charge in [-0.1, -0.05) is 0 Å². The molecule has 1 spiro atoms. The van der Waals surface area contributed by atoms with Gasteiger partial charge in [0, 0.05) is 32.7 Å². The van der Waals surface area contributed by atoms with Crippen LogP contribution in [0, 0.1) is 0 Å². The van der Waals surface area contributed by atoms with Crippen LogP contribution in [0.5, 0.6) is 0 Å². The molecular weight excluding hydrogens is 292 g/mol. The van der Waals surface area contributed by atoms with E-state index < -0.39 is 10.0 Å². The number of ether oxygens (including phenoxy) is 2. The first-order valence-corrected chi connectivity index (χ1v) is 9.75. The van der Waals surface area contributed by atoms with Gasteiger partial charge in [-0.2, -0.15) is 4.31 Å². The van der Waals surface area contributed by atoms with Gasteiger partial charge in [-0.3, -0.25) is 4.90 Å². The maximum Gasteiger partial charge on any atom is 0.211 e. The van der Waals surface area contributed by atoms with E-state index in [-0.39, 0.29) is 11.7 Å². The molecule has 0 amide bonds. The Morgan fingerprint density at radius 2 is 1.95 bits per heavy atom. The van der Waals surface area contributed by atoms with Crippen molar-refractivity contribution in [2.75, 3.05) is 52.2 Å². The van der Waals surface area contributed by atoms with Crippen LogP contribution in [-0.2, 0) is 19.5 Å². The van der Waals surface area contributed by atoms with Gasteiger partial charge >= 0.3 is 0 Å². The van der Waals surface area contributed by atoms with Crippen LogP contribution in [0.1, 0.15) is 25.7 Å². The molecule has 21 heavy (non-hydrogen) atoms. The molecule has 3 aliphatic heterocycles. The van der Waals surface area contributed by atoms with E-state index in [0.717, 1.165) is 58.5 Å². The van der Waals surface area contributed by atoms with Crippen LogP contribution in [0.4, 0.5) is 0 Å². The van der Waals surface area contributed by atoms with Crippen molar-refractivity contribution in [3.05, 3.63) is 0 Å². The zero-order valence-corrected chi connectivity index (χ0v) is 13.6. The highest BCUT2D eigenvalue weighted by molar-refractivity contribution is 7.88. The third kappa shape index (κ3) is 3.76. The highest BCUT2D eigenvalue weighted by atomic mass is 32.2. The average molecular weight is 318 g/mol. The van der Waals surface area contributed by atoms with Crippen molar-refractivity contribution in [2.24, 2.45) is 0 Å². The normalized spacial score (nSPS) is 36.3. The van der Waals surface area contributed by atoms with Gasteiger partial charge in [0.15, 0.2) is 0 Å². The molecule has 0 aromatic carbocycles. The Balaban J connectivity index is 1.58. The molecule has 0 aromatic rings. The van der Waals surface area contributed by atoms with Gasteiger partial charge in [0.25, 0.3) is 0 Å². The number of sulfonamides is 1. The summed E-state index contributed by atoms with van der Waals surface area (Å²) in [5.74, 6) is 0. The lowest BCUT2D eigenvalue weighted by Gasteiger charge is -2.41. The van der Waals surface area contributed by atoms with E-state index >= 15 is 0 Å². The fourth-order valence-corrected chi connectivity index (χ4v) is 4.61. The molecule has 0 N–H and O–H groups in total. The number of rotatable bonds is 3. The van der Waals surface area contributed by atoms with Gasteiger partial charge in [0.2, 0.25) is 10.0 Å². The van der Waals surface area contributed by atoms with Crippen molar-refractivity contribution in [2.45, 2.75) is 37.4 Å². The maximum absolute atomic E-state index is 11.7. The first kappa shape index (κ1) is 15.7. The molecular formula is C14H26N2O4S. The Bertz CT molecular complexity index is 464. The zero-order chi connectivity index (χ0) is 14.9. The standard InChI is InChI=1S/C14H26N2O4S/c1-21(17,18)16-6-5-14(12-16)4-2-3-13(20-14)11-15-7-9-19-10-8-15/h13H,2-12H2,1H3/t13-,14+/m0/s1. The van der Waals surface area contributed by atoms with Crippen LogP contribution in [0.3, 0.4) is 0 Å². The molecule has 3 aliphatic rings. The molecule has 0 unspecified atom stereocenters. The molecule has 3 saturated heterocycles. The molecule has 3 rings (SSSR count). The predicted molar refractivity (Wildman–Crippen MR) is 79.7 cm³/mol. The second-order valence-corrected chi connectivity index (χ2v) is 8.56. The van der Waals surface area contributed by atoms with Crippen molar-refractivity contribution in [1.29, 1.82) is 0 Å². The van der Waals surface area contributed by atoms with Crippen molar-refractivity contribution in [1.82, 2.24) is 9.21 Å². The summed E-state index contributed by atoms with van der Waals surface area (Å²) >= 11 is 0. The second-order valence-electron chi connectivity index (χ2n) is 6.57. The lowest BCUT2D eigenvalue weighted by Crippen LogP contribution is -2.49. The van der Waals surface area contributed by atoms with Gasteiger partial charge in [0.05, 0.1) is 31.2 Å². The molecule has 2 atom stereocenters. The van der Waals surface area contributed by atoms with Crippen molar-refractivity contribution < 1.29 is 17.9 Å². The van der Waals surface area contributed by atoms with E-state index in [1.165, 1.54) is 6.26 Å². The summed E-state index contributed by atoms with van der Waals surface area (Å²) in [4.78, 5) is 2.40. The highest BCUT2D eigenvalue weighted by Gasteiger charge is 2.45. The fraction of sp³-hybridized carbons (Fsp3) is 1.00. The third-order valence-electron chi connectivity index (χ3n) is 4.89. The fourth-order valence-electron chi connectivity index (χ4n) is 3.71. The molecule has 0 radical (unpaired) electrons. The van der Waals surface area contributed by atoms with E-state index in [9.17, 15) is 8.42 Å². The Morgan fingerprint density at radius 1 is 1.19 bits per heavy atom. The van der Waals surface area contributed by atoms with E-state index in [4.69, 9.17) is 9.47 Å². The summed E-state index contributed by atoms with van der Waals surface area (Å²) in [5, 5.41) is 0. The van der Waals surface area contributed by atoms with Crippen LogP contribution in [0.2, 0.25) is 0 Å². The quantitative estimate of drug-likeness (QED) is 0.749. The minimum Gasteiger partial charge on any atom is -0.379 e. The van der Waals surface area contributed by atoms with Crippen molar-refractivity contribution in [3.8, 4) is 0 Å². The van der Waals surface area contributed by atoms with Gasteiger partial charge < -0.3 is 9.47 Å². The van der Waals surface area contributed by atoms with Crippen molar-refractivity contribution in [3.63, 3.8) is 0 Å². The number of nitrogens with zero attached hydrogens (tertiary/aromatic N) is 2. The van der Waals surface area contributed by atoms with E-state index in [1.54, 1.807) is 4.31 Å².